The number of Topliss-reactive ketones (excluding diaryl/α,β-unsaturated/α-hetero) is 1. The van der Waals surface area contributed by atoms with E-state index in [4.69, 9.17) is 30.4 Å². The molecule has 1 aliphatic rings. The van der Waals surface area contributed by atoms with Gasteiger partial charge >= 0.3 is 11.9 Å². The number of hydrogen-bond acceptors (Lipinski definition) is 18. The standard InChI is InChI=1S/C55H69N11O12/c1-7-55(2,3)47(69)51(71)66-27-9-8-14-40(66)53(74)78-41(22-15-33-16-23-42(75-5)43(28-33)76-6)35-12-10-13-38(29-35)77-32-45(68)59-26-11-25-58-44(67)24-21-39(52(72)73)62-50(70)34-17-19-37(20-18-34)65(4)31-36-30-60-49-46(61-36)48(56)63-54(57)64-49/h10,12-13,16-20,23,28-30,39-41H,7-9,11,14-15,21-22,24-27,31-32H2,1-6H3,(H,58,67)(H,59,68)(H,62,70)(H,72,73)(H4,56,57,60,63,64). The van der Waals surface area contributed by atoms with Crippen LogP contribution in [0.1, 0.15) is 105 Å². The highest BCUT2D eigenvalue weighted by Crippen LogP contribution is 2.33. The van der Waals surface area contributed by atoms with Crippen LogP contribution in [0.25, 0.3) is 11.2 Å². The molecule has 3 atom stereocenters. The Morgan fingerprint density at radius 3 is 2.32 bits per heavy atom. The topological polar surface area (TPSA) is 323 Å². The van der Waals surface area contributed by atoms with Gasteiger partial charge in [-0.3, -0.25) is 24.0 Å². The number of rotatable bonds is 27. The molecule has 0 spiro atoms. The number of esters is 1. The predicted octanol–water partition coefficient (Wildman–Crippen LogP) is 4.51. The van der Waals surface area contributed by atoms with Gasteiger partial charge in [0.1, 0.15) is 23.9 Å². The number of nitrogens with one attached hydrogen (secondary N) is 3. The summed E-state index contributed by atoms with van der Waals surface area (Å²) in [5.74, 6) is -3.12. The molecule has 23 heteroatoms. The first-order valence-electron chi connectivity index (χ1n) is 25.7. The molecule has 1 saturated heterocycles. The Balaban J connectivity index is 0.951. The van der Waals surface area contributed by atoms with Crippen molar-refractivity contribution >= 4 is 70.0 Å². The smallest absolute Gasteiger partial charge is 0.329 e. The lowest BCUT2D eigenvalue weighted by Crippen LogP contribution is -2.53. The number of hydrogen-bond donors (Lipinski definition) is 6. The monoisotopic (exact) mass is 1080 g/mol. The van der Waals surface area contributed by atoms with Crippen LogP contribution < -0.4 is 46.5 Å². The Bertz CT molecular complexity index is 2960. The van der Waals surface area contributed by atoms with Gasteiger partial charge in [0, 0.05) is 49.8 Å². The molecule has 3 heterocycles. The van der Waals surface area contributed by atoms with Gasteiger partial charge in [0.05, 0.1) is 32.7 Å². The van der Waals surface area contributed by atoms with Crippen molar-refractivity contribution in [2.75, 3.05) is 63.9 Å². The van der Waals surface area contributed by atoms with Crippen LogP contribution in [-0.2, 0) is 46.5 Å². The van der Waals surface area contributed by atoms with Gasteiger partial charge in [-0.15, -0.1) is 0 Å². The fourth-order valence-corrected chi connectivity index (χ4v) is 8.52. The number of carboxylic acids is 1. The molecule has 5 aromatic rings. The summed E-state index contributed by atoms with van der Waals surface area (Å²) in [7, 11) is 4.90. The third-order valence-corrected chi connectivity index (χ3v) is 13.5. The normalized spacial score (nSPS) is 14.1. The Morgan fingerprint density at radius 2 is 1.62 bits per heavy atom. The highest BCUT2D eigenvalue weighted by Gasteiger charge is 2.41. The Morgan fingerprint density at radius 1 is 0.885 bits per heavy atom. The minimum atomic E-state index is -1.34. The van der Waals surface area contributed by atoms with Crippen molar-refractivity contribution in [1.82, 2.24) is 40.8 Å². The van der Waals surface area contributed by atoms with Crippen LogP contribution in [0.2, 0.25) is 0 Å². The fraction of sp³-hybridized carbons (Fsp3) is 0.436. The maximum absolute atomic E-state index is 14.1. The number of nitrogens with zero attached hydrogens (tertiary/aromatic N) is 6. The highest BCUT2D eigenvalue weighted by atomic mass is 16.5. The van der Waals surface area contributed by atoms with Crippen LogP contribution in [0.4, 0.5) is 17.5 Å². The number of nitrogens with two attached hydrogens (primary N) is 2. The number of aliphatic carboxylic acids is 1. The number of aryl methyl sites for hydroxylation is 1. The Kier molecular flexibility index (Phi) is 20.6. The van der Waals surface area contributed by atoms with Crippen LogP contribution in [0.5, 0.6) is 17.2 Å². The second-order valence-electron chi connectivity index (χ2n) is 19.5. The molecule has 3 unspecified atom stereocenters. The lowest BCUT2D eigenvalue weighted by Gasteiger charge is -2.36. The van der Waals surface area contributed by atoms with Crippen molar-refractivity contribution in [1.29, 1.82) is 0 Å². The third kappa shape index (κ3) is 16.0. The average molecular weight is 1080 g/mol. The zero-order valence-electron chi connectivity index (χ0n) is 44.8. The fourth-order valence-electron chi connectivity index (χ4n) is 8.52. The summed E-state index contributed by atoms with van der Waals surface area (Å²) in [5, 5.41) is 17.8. The Labute approximate surface area is 452 Å². The van der Waals surface area contributed by atoms with Gasteiger partial charge in [-0.05, 0) is 111 Å². The Hall–Kier alpha value is -8.63. The largest absolute Gasteiger partial charge is 0.493 e. The maximum Gasteiger partial charge on any atom is 0.329 e. The number of aromatic nitrogens is 4. The molecule has 0 radical (unpaired) electrons. The van der Waals surface area contributed by atoms with Crippen molar-refractivity contribution in [3.63, 3.8) is 0 Å². The molecule has 416 valence electrons. The van der Waals surface area contributed by atoms with E-state index >= 15 is 0 Å². The summed E-state index contributed by atoms with van der Waals surface area (Å²) in [4.78, 5) is 111. The molecule has 2 aromatic heterocycles. The van der Waals surface area contributed by atoms with Gasteiger partial charge in [-0.2, -0.15) is 9.97 Å². The second kappa shape index (κ2) is 27.4. The summed E-state index contributed by atoms with van der Waals surface area (Å²) in [5.41, 5.74) is 14.3. The van der Waals surface area contributed by atoms with Crippen LogP contribution >= 0.6 is 0 Å². The number of ether oxygens (including phenoxy) is 4. The molecule has 1 aliphatic heterocycles. The molecule has 78 heavy (non-hydrogen) atoms. The number of amides is 4. The minimum Gasteiger partial charge on any atom is -0.493 e. The van der Waals surface area contributed by atoms with Gasteiger partial charge < -0.3 is 61.3 Å². The molecule has 4 amide bonds. The number of carbonyl (C=O) groups excluding carboxylic acids is 6. The summed E-state index contributed by atoms with van der Waals surface area (Å²) < 4.78 is 23.0. The maximum atomic E-state index is 14.1. The van der Waals surface area contributed by atoms with Gasteiger partial charge in [0.15, 0.2) is 35.1 Å². The van der Waals surface area contributed by atoms with Crippen molar-refractivity contribution < 1.29 is 57.6 Å². The number of carbonyl (C=O) groups is 7. The van der Waals surface area contributed by atoms with E-state index in [9.17, 15) is 38.7 Å². The predicted molar refractivity (Wildman–Crippen MR) is 288 cm³/mol. The number of fused-ring (bicyclic) bond motifs is 1. The molecule has 8 N–H and O–H groups in total. The second-order valence-corrected chi connectivity index (χ2v) is 19.5. The van der Waals surface area contributed by atoms with Crippen molar-refractivity contribution in [2.45, 2.75) is 103 Å². The molecule has 6 rings (SSSR count). The number of carboxylic acid groups (broad SMARTS) is 1. The molecule has 0 aliphatic carbocycles. The average Bonchev–Trinajstić information content (AvgIpc) is 3.49. The summed E-state index contributed by atoms with van der Waals surface area (Å²) in [6.07, 6.45) is 3.67. The quantitative estimate of drug-likeness (QED) is 0.0239. The number of nitrogen functional groups attached to an aromatic ring is 2. The summed E-state index contributed by atoms with van der Waals surface area (Å²) in [6.45, 7) is 5.89. The lowest BCUT2D eigenvalue weighted by atomic mass is 9.84. The van der Waals surface area contributed by atoms with E-state index in [-0.39, 0.29) is 62.1 Å². The number of benzene rings is 3. The zero-order valence-corrected chi connectivity index (χ0v) is 44.8. The van der Waals surface area contributed by atoms with E-state index in [0.29, 0.717) is 85.5 Å². The lowest BCUT2D eigenvalue weighted by molar-refractivity contribution is -0.164. The number of piperidine rings is 1. The SMILES string of the molecule is CCC(C)(C)C(=O)C(=O)N1CCCCC1C(=O)OC(CCc1ccc(OC)c(OC)c1)c1cccc(OCC(=O)NCCCNC(=O)CCC(NC(=O)c2ccc(N(C)Cc3cnc4nc(N)nc(N)c4n3)cc2)C(=O)O)c1. The first-order valence-corrected chi connectivity index (χ1v) is 25.7. The summed E-state index contributed by atoms with van der Waals surface area (Å²) in [6, 6.07) is 16.6. The third-order valence-electron chi connectivity index (χ3n) is 13.5. The van der Waals surface area contributed by atoms with Crippen LogP contribution in [0.15, 0.2) is 72.9 Å². The van der Waals surface area contributed by atoms with Crippen molar-refractivity contribution in [3.05, 3.63) is 95.3 Å². The van der Waals surface area contributed by atoms with Crippen LogP contribution in [-0.4, -0.2) is 131 Å². The number of likely N-dealkylation sites (tertiary alicyclic amines) is 1. The zero-order chi connectivity index (χ0) is 56.5. The first kappa shape index (κ1) is 58.6. The van der Waals surface area contributed by atoms with Gasteiger partial charge in [-0.1, -0.05) is 39.0 Å². The van der Waals surface area contributed by atoms with E-state index in [0.717, 1.165) is 11.3 Å². The van der Waals surface area contributed by atoms with Crippen LogP contribution in [0.3, 0.4) is 0 Å². The summed E-state index contributed by atoms with van der Waals surface area (Å²) >= 11 is 0. The van der Waals surface area contributed by atoms with Crippen molar-refractivity contribution in [2.24, 2.45) is 5.41 Å². The highest BCUT2D eigenvalue weighted by molar-refractivity contribution is 6.38. The van der Waals surface area contributed by atoms with E-state index in [1.807, 2.05) is 31.0 Å². The molecular formula is C55H69N11O12. The molecular weight excluding hydrogens is 1010 g/mol. The number of anilines is 3. The molecule has 1 fully saturated rings. The van der Waals surface area contributed by atoms with E-state index in [1.165, 1.54) is 4.90 Å². The molecule has 0 saturated carbocycles. The van der Waals surface area contributed by atoms with Gasteiger partial charge in [-0.25, -0.2) is 19.6 Å². The molecule has 0 bridgehead atoms. The molecule has 3 aromatic carbocycles. The van der Waals surface area contributed by atoms with Gasteiger partial charge in [0.25, 0.3) is 17.7 Å². The van der Waals surface area contributed by atoms with Crippen LogP contribution in [0, 0.1) is 5.41 Å². The number of ketones is 1. The van der Waals surface area contributed by atoms with E-state index < -0.39 is 65.0 Å². The van der Waals surface area contributed by atoms with Crippen molar-refractivity contribution in [3.8, 4) is 17.2 Å². The molecule has 23 nitrogen and oxygen atoms in total. The van der Waals surface area contributed by atoms with E-state index in [2.05, 4.69) is 35.9 Å². The minimum absolute atomic E-state index is 0.00747. The number of methoxy groups -OCH3 is 2. The van der Waals surface area contributed by atoms with Gasteiger partial charge in [0.2, 0.25) is 17.6 Å². The van der Waals surface area contributed by atoms with E-state index in [1.54, 1.807) is 88.9 Å². The first-order chi connectivity index (χ1) is 37.3.